The number of allylic oxidation sites excluding steroid dienone is 4. The smallest absolute Gasteiger partial charge is 0.744 e. The number of anilines is 1. The van der Waals surface area contributed by atoms with E-state index >= 15 is 0 Å². The minimum absolute atomic E-state index is 0. The molecule has 2 aliphatic rings. The van der Waals surface area contributed by atoms with Crippen LogP contribution in [0, 0.1) is 6.92 Å². The Balaban J connectivity index is 0.00000580. The predicted molar refractivity (Wildman–Crippen MR) is 209 cm³/mol. The molecule has 0 bridgehead atoms. The molecule has 280 valence electrons. The fourth-order valence-corrected chi connectivity index (χ4v) is 8.14. The molecule has 2 unspecified atom stereocenters. The molecule has 0 aliphatic carbocycles. The van der Waals surface area contributed by atoms with Crippen molar-refractivity contribution in [2.75, 3.05) is 4.90 Å². The van der Waals surface area contributed by atoms with Crippen LogP contribution in [0.4, 0.5) is 11.4 Å². The molecule has 0 fully saturated rings. The monoisotopic (exact) mass is 785 g/mol. The van der Waals surface area contributed by atoms with Crippen LogP contribution in [0.15, 0.2) is 114 Å². The minimum Gasteiger partial charge on any atom is -0.744 e. The summed E-state index contributed by atoms with van der Waals surface area (Å²) in [7, 11) is -4.69. The number of hydrogen-bond acceptors (Lipinski definition) is 6. The second-order valence-corrected chi connectivity index (χ2v) is 16.9. The van der Waals surface area contributed by atoms with E-state index in [9.17, 15) is 32.8 Å². The van der Waals surface area contributed by atoms with E-state index in [1.165, 1.54) is 17.7 Å². The van der Waals surface area contributed by atoms with Crippen molar-refractivity contribution in [1.82, 2.24) is 0 Å². The molecule has 9 nitrogen and oxygen atoms in total. The molecule has 0 amide bonds. The van der Waals surface area contributed by atoms with E-state index in [4.69, 9.17) is 0 Å². The van der Waals surface area contributed by atoms with Crippen LogP contribution in [0.1, 0.15) is 92.3 Å². The van der Waals surface area contributed by atoms with E-state index in [-0.39, 0.29) is 61.7 Å². The summed E-state index contributed by atoms with van der Waals surface area (Å²) in [5.41, 5.74) is 9.32. The Morgan fingerprint density at radius 1 is 0.800 bits per heavy atom. The third-order valence-electron chi connectivity index (χ3n) is 11.1. The fraction of sp³-hybridized carbons (Fsp3) is 0.295. The molecule has 6 rings (SSSR count). The number of benzene rings is 4. The molecule has 0 aromatic heterocycles. The summed E-state index contributed by atoms with van der Waals surface area (Å²) in [6.45, 7) is 14.8. The van der Waals surface area contributed by atoms with Gasteiger partial charge in [0.15, 0.2) is 12.3 Å². The number of carboxylic acid groups (broad SMARTS) is 2. The molecule has 4 aromatic carbocycles. The van der Waals surface area contributed by atoms with Crippen molar-refractivity contribution < 1.29 is 88.7 Å². The molecule has 0 saturated carbocycles. The van der Waals surface area contributed by atoms with Gasteiger partial charge in [-0.05, 0) is 81.1 Å². The van der Waals surface area contributed by atoms with Crippen molar-refractivity contribution in [1.29, 1.82) is 0 Å². The zero-order valence-electron chi connectivity index (χ0n) is 32.6. The van der Waals surface area contributed by atoms with Crippen LogP contribution in [0.25, 0.3) is 0 Å². The van der Waals surface area contributed by atoms with E-state index in [0.717, 1.165) is 45.0 Å². The molecular formula is C44H46KN2O7S+. The molecule has 2 N–H and O–H groups in total. The molecule has 2 heterocycles. The number of hydrogen-bond donors (Lipinski definition) is 2. The molecule has 55 heavy (non-hydrogen) atoms. The van der Waals surface area contributed by atoms with Gasteiger partial charge < -0.3 is 19.7 Å². The van der Waals surface area contributed by atoms with Crippen LogP contribution < -0.4 is 56.3 Å². The van der Waals surface area contributed by atoms with E-state index in [1.54, 1.807) is 19.9 Å². The van der Waals surface area contributed by atoms with Crippen LogP contribution in [-0.4, -0.2) is 45.4 Å². The minimum atomic E-state index is -4.69. The van der Waals surface area contributed by atoms with Crippen LogP contribution in [-0.2, 0) is 43.6 Å². The van der Waals surface area contributed by atoms with Gasteiger partial charge in [0.2, 0.25) is 5.69 Å². The van der Waals surface area contributed by atoms with E-state index in [0.29, 0.717) is 24.2 Å². The molecule has 0 saturated heterocycles. The van der Waals surface area contributed by atoms with Gasteiger partial charge in [-0.2, -0.15) is 4.58 Å². The first-order chi connectivity index (χ1) is 25.3. The number of fused-ring (bicyclic) bond motifs is 2. The zero-order valence-corrected chi connectivity index (χ0v) is 36.6. The average molecular weight is 786 g/mol. The summed E-state index contributed by atoms with van der Waals surface area (Å²) in [5, 5.41) is 19.0. The maximum atomic E-state index is 12.1. The van der Waals surface area contributed by atoms with Gasteiger partial charge in [0.25, 0.3) is 0 Å². The third-order valence-corrected chi connectivity index (χ3v) is 11.9. The van der Waals surface area contributed by atoms with Crippen molar-refractivity contribution in [2.24, 2.45) is 0 Å². The molecule has 0 radical (unpaired) electrons. The Morgan fingerprint density at radius 2 is 1.36 bits per heavy atom. The Hall–Kier alpha value is -3.68. The predicted octanol–water partition coefficient (Wildman–Crippen LogP) is 5.29. The number of rotatable bonds is 11. The SMILES string of the molecule is Cc1ccc2c(c1)C(C)(C)C(=CC=CC1=[N+](Cc3ccc(C(C)C(=O)O)cc3)c3ccc(S(=O)(=O)[O-])cc3C1(C)C)N2Cc1ccc(C(C)C(=O)O)cc1.[K+]. The van der Waals surface area contributed by atoms with E-state index in [2.05, 4.69) is 54.5 Å². The maximum Gasteiger partial charge on any atom is 1.00 e. The van der Waals surface area contributed by atoms with Gasteiger partial charge >= 0.3 is 63.3 Å². The summed E-state index contributed by atoms with van der Waals surface area (Å²) in [6, 6.07) is 26.2. The van der Waals surface area contributed by atoms with Crippen LogP contribution >= 0.6 is 0 Å². The summed E-state index contributed by atoms with van der Waals surface area (Å²) in [5.74, 6) is -3.02. The second-order valence-electron chi connectivity index (χ2n) is 15.5. The van der Waals surface area contributed by atoms with E-state index in [1.807, 2.05) is 74.5 Å². The maximum absolute atomic E-state index is 12.1. The number of aryl methyl sites for hydroxylation is 1. The van der Waals surface area contributed by atoms with Crippen molar-refractivity contribution in [2.45, 2.75) is 89.1 Å². The van der Waals surface area contributed by atoms with Crippen molar-refractivity contribution in [3.8, 4) is 0 Å². The third kappa shape index (κ3) is 8.39. The quantitative estimate of drug-likeness (QED) is 0.119. The van der Waals surface area contributed by atoms with Crippen molar-refractivity contribution in [3.05, 3.63) is 148 Å². The normalized spacial score (nSPS) is 17.5. The fourth-order valence-electron chi connectivity index (χ4n) is 7.64. The Morgan fingerprint density at radius 3 is 1.91 bits per heavy atom. The van der Waals surface area contributed by atoms with Crippen LogP contribution in [0.3, 0.4) is 0 Å². The number of carboxylic acids is 2. The van der Waals surface area contributed by atoms with Gasteiger partial charge in [0.05, 0.1) is 22.1 Å². The van der Waals surface area contributed by atoms with Crippen molar-refractivity contribution >= 4 is 39.1 Å². The van der Waals surface area contributed by atoms with Gasteiger partial charge in [0.1, 0.15) is 10.1 Å². The number of aliphatic carboxylic acids is 2. The molecule has 0 spiro atoms. The van der Waals surface area contributed by atoms with Gasteiger partial charge in [-0.3, -0.25) is 9.59 Å². The topological polar surface area (TPSA) is 138 Å². The Kier molecular flexibility index (Phi) is 12.4. The first-order valence-corrected chi connectivity index (χ1v) is 19.4. The summed E-state index contributed by atoms with van der Waals surface area (Å²) in [4.78, 5) is 25.2. The van der Waals surface area contributed by atoms with Crippen LogP contribution in [0.5, 0.6) is 0 Å². The first kappa shape index (κ1) is 42.5. The zero-order chi connectivity index (χ0) is 39.3. The first-order valence-electron chi connectivity index (χ1n) is 18.0. The summed E-state index contributed by atoms with van der Waals surface area (Å²) >= 11 is 0. The van der Waals surface area contributed by atoms with E-state index < -0.39 is 39.3 Å². The standard InChI is InChI=1S/C44H46N2O7S.K/c1-27-11-21-37-35(23-27)43(4,5)39(45(37)25-30-12-16-32(17-13-30)28(2)41(47)48)9-8-10-40-44(6,7)36-24-34(54(51,52)53)20-22-38(36)46(40)26-31-14-18-33(19-15-31)29(3)42(49)50;/h8-24,28-29H,25-26H2,1-7H3,(H2-,47,48,49,50,51,52,53);/q;+1. The van der Waals surface area contributed by atoms with Gasteiger partial charge in [-0.15, -0.1) is 0 Å². The van der Waals surface area contributed by atoms with Crippen LogP contribution in [0.2, 0.25) is 0 Å². The molecule has 4 aromatic rings. The van der Waals surface area contributed by atoms with Gasteiger partial charge in [-0.1, -0.05) is 86.2 Å². The number of nitrogens with zero attached hydrogens (tertiary/aromatic N) is 2. The largest absolute Gasteiger partial charge is 1.00 e. The van der Waals surface area contributed by atoms with Gasteiger partial charge in [-0.25, -0.2) is 8.42 Å². The Bertz CT molecular complexity index is 2360. The molecule has 2 aliphatic heterocycles. The second kappa shape index (κ2) is 16.1. The molecule has 2 atom stereocenters. The van der Waals surface area contributed by atoms with Crippen molar-refractivity contribution in [3.63, 3.8) is 0 Å². The molecular weight excluding hydrogens is 740 g/mol. The Labute approximate surface area is 366 Å². The number of carbonyl (C=O) groups is 2. The molecule has 11 heteroatoms. The van der Waals surface area contributed by atoms with Gasteiger partial charge in [0, 0.05) is 46.6 Å². The average Bonchev–Trinajstić information content (AvgIpc) is 3.45. The summed E-state index contributed by atoms with van der Waals surface area (Å²) < 4.78 is 38.4. The summed E-state index contributed by atoms with van der Waals surface area (Å²) in [6.07, 6.45) is 6.19.